The van der Waals surface area contributed by atoms with Crippen LogP contribution < -0.4 is 0 Å². The summed E-state index contributed by atoms with van der Waals surface area (Å²) in [7, 11) is 0. The molecule has 0 aromatic carbocycles. The number of hydrogen-bond donors (Lipinski definition) is 1. The van der Waals surface area contributed by atoms with Gasteiger partial charge in [-0.25, -0.2) is 0 Å². The van der Waals surface area contributed by atoms with Gasteiger partial charge in [-0.15, -0.1) is 0 Å². The highest BCUT2D eigenvalue weighted by Crippen LogP contribution is 2.67. The van der Waals surface area contributed by atoms with Gasteiger partial charge in [0.1, 0.15) is 0 Å². The Kier molecular flexibility index (Phi) is 6.35. The summed E-state index contributed by atoms with van der Waals surface area (Å²) in [6.07, 6.45) is 19.1. The van der Waals surface area contributed by atoms with Crippen molar-refractivity contribution in [2.24, 2.45) is 52.3 Å². The third-order valence-electron chi connectivity index (χ3n) is 10.8. The quantitative estimate of drug-likeness (QED) is 0.457. The summed E-state index contributed by atoms with van der Waals surface area (Å²) in [5, 5.41) is 10.2. The molecule has 170 valence electrons. The Morgan fingerprint density at radius 3 is 2.50 bits per heavy atom. The van der Waals surface area contributed by atoms with Crippen LogP contribution in [0.2, 0.25) is 0 Å². The van der Waals surface area contributed by atoms with Crippen LogP contribution in [0.5, 0.6) is 0 Å². The van der Waals surface area contributed by atoms with E-state index >= 15 is 0 Å². The molecular formula is C29H48O. The van der Waals surface area contributed by atoms with E-state index in [1.54, 1.807) is 5.57 Å². The predicted octanol–water partition coefficient (Wildman–Crippen LogP) is 7.80. The number of allylic oxidation sites excluding steroid dienone is 3. The van der Waals surface area contributed by atoms with Crippen molar-refractivity contribution in [1.82, 2.24) is 0 Å². The van der Waals surface area contributed by atoms with Crippen LogP contribution in [0.25, 0.3) is 0 Å². The molecule has 1 heteroatoms. The molecule has 0 unspecified atom stereocenters. The monoisotopic (exact) mass is 412 g/mol. The Labute approximate surface area is 186 Å². The standard InChI is InChI=1S/C29H48O/c1-7-21(19(2)3)9-8-20(4)25-12-13-26-24-11-10-22-18-23(30)14-16-28(22,5)27(24)15-17-29(25,26)6/h8-10,19-21,23-27,30H,7,11-18H2,1-6H3/b9-8+/t20-,21+,23+,24-,25+,26+,27-,28+,29-/m1/s1. The van der Waals surface area contributed by atoms with Crippen LogP contribution in [0.4, 0.5) is 0 Å². The van der Waals surface area contributed by atoms with Crippen molar-refractivity contribution in [2.45, 2.75) is 105 Å². The Balaban J connectivity index is 1.52. The first-order valence-electron chi connectivity index (χ1n) is 13.3. The maximum absolute atomic E-state index is 10.2. The molecule has 9 atom stereocenters. The number of aliphatic hydroxyl groups is 1. The number of aliphatic hydroxyl groups excluding tert-OH is 1. The van der Waals surface area contributed by atoms with Gasteiger partial charge in [0.25, 0.3) is 0 Å². The second kappa shape index (κ2) is 8.42. The van der Waals surface area contributed by atoms with Crippen LogP contribution in [0.1, 0.15) is 99.3 Å². The highest BCUT2D eigenvalue weighted by atomic mass is 16.3. The van der Waals surface area contributed by atoms with E-state index in [1.165, 1.54) is 44.9 Å². The third-order valence-corrected chi connectivity index (χ3v) is 10.8. The third kappa shape index (κ3) is 3.66. The van der Waals surface area contributed by atoms with Crippen molar-refractivity contribution in [3.63, 3.8) is 0 Å². The van der Waals surface area contributed by atoms with Gasteiger partial charge in [-0.1, -0.05) is 65.3 Å². The van der Waals surface area contributed by atoms with Gasteiger partial charge in [0, 0.05) is 0 Å². The van der Waals surface area contributed by atoms with Gasteiger partial charge in [-0.3, -0.25) is 0 Å². The average Bonchev–Trinajstić information content (AvgIpc) is 3.06. The molecule has 1 N–H and O–H groups in total. The van der Waals surface area contributed by atoms with Gasteiger partial charge in [0.15, 0.2) is 0 Å². The average molecular weight is 413 g/mol. The van der Waals surface area contributed by atoms with E-state index in [9.17, 15) is 5.11 Å². The van der Waals surface area contributed by atoms with Crippen LogP contribution in [0.15, 0.2) is 23.8 Å². The highest BCUT2D eigenvalue weighted by Gasteiger charge is 2.58. The van der Waals surface area contributed by atoms with Gasteiger partial charge in [-0.05, 0) is 110 Å². The molecule has 4 aliphatic carbocycles. The van der Waals surface area contributed by atoms with E-state index in [0.717, 1.165) is 48.3 Å². The summed E-state index contributed by atoms with van der Waals surface area (Å²) in [4.78, 5) is 0. The second-order valence-corrected chi connectivity index (χ2v) is 12.4. The van der Waals surface area contributed by atoms with Gasteiger partial charge in [0.2, 0.25) is 0 Å². The lowest BCUT2D eigenvalue weighted by Crippen LogP contribution is -2.50. The van der Waals surface area contributed by atoms with E-state index in [-0.39, 0.29) is 6.10 Å². The molecule has 0 heterocycles. The van der Waals surface area contributed by atoms with Crippen LogP contribution in [-0.4, -0.2) is 11.2 Å². The largest absolute Gasteiger partial charge is 0.393 e. The molecule has 0 saturated heterocycles. The molecule has 0 amide bonds. The first-order chi connectivity index (χ1) is 14.2. The van der Waals surface area contributed by atoms with Crippen LogP contribution in [-0.2, 0) is 0 Å². The van der Waals surface area contributed by atoms with Crippen LogP contribution in [0.3, 0.4) is 0 Å². The molecule has 4 aliphatic rings. The Hall–Kier alpha value is -0.560. The Bertz CT molecular complexity index is 674. The molecule has 0 aliphatic heterocycles. The molecule has 0 spiro atoms. The lowest BCUT2D eigenvalue weighted by atomic mass is 9.47. The first-order valence-corrected chi connectivity index (χ1v) is 13.3. The molecule has 0 aromatic heterocycles. The molecule has 0 radical (unpaired) electrons. The van der Waals surface area contributed by atoms with Gasteiger partial charge in [-0.2, -0.15) is 0 Å². The summed E-state index contributed by atoms with van der Waals surface area (Å²) >= 11 is 0. The molecule has 0 bridgehead atoms. The topological polar surface area (TPSA) is 20.2 Å². The SMILES string of the molecule is CC[C@@H](/C=C/[C@@H](C)[C@@H]1CC[C@H]2[C@H]3CC=C4C[C@@H](O)CC[C@]4(C)[C@@H]3CC[C@@]21C)C(C)C. The molecule has 30 heavy (non-hydrogen) atoms. The minimum atomic E-state index is -0.0870. The normalized spacial score (nSPS) is 45.6. The van der Waals surface area contributed by atoms with Crippen molar-refractivity contribution in [3.05, 3.63) is 23.8 Å². The van der Waals surface area contributed by atoms with Crippen molar-refractivity contribution in [1.29, 1.82) is 0 Å². The maximum Gasteiger partial charge on any atom is 0.0577 e. The first kappa shape index (κ1) is 22.6. The minimum Gasteiger partial charge on any atom is -0.393 e. The van der Waals surface area contributed by atoms with Crippen molar-refractivity contribution >= 4 is 0 Å². The molecule has 3 fully saturated rings. The van der Waals surface area contributed by atoms with Crippen molar-refractivity contribution < 1.29 is 5.11 Å². The lowest BCUT2D eigenvalue weighted by molar-refractivity contribution is -0.0540. The van der Waals surface area contributed by atoms with Gasteiger partial charge >= 0.3 is 0 Å². The number of rotatable bonds is 5. The van der Waals surface area contributed by atoms with Crippen molar-refractivity contribution in [2.75, 3.05) is 0 Å². The second-order valence-electron chi connectivity index (χ2n) is 12.4. The fourth-order valence-electron chi connectivity index (χ4n) is 8.83. The predicted molar refractivity (Wildman–Crippen MR) is 128 cm³/mol. The zero-order valence-electron chi connectivity index (χ0n) is 20.7. The van der Waals surface area contributed by atoms with Crippen molar-refractivity contribution in [3.8, 4) is 0 Å². The van der Waals surface area contributed by atoms with E-state index in [2.05, 4.69) is 59.8 Å². The zero-order valence-corrected chi connectivity index (χ0v) is 20.7. The van der Waals surface area contributed by atoms with Gasteiger partial charge < -0.3 is 5.11 Å². The molecule has 4 rings (SSSR count). The van der Waals surface area contributed by atoms with Crippen LogP contribution >= 0.6 is 0 Å². The highest BCUT2D eigenvalue weighted by molar-refractivity contribution is 5.25. The van der Waals surface area contributed by atoms with Gasteiger partial charge in [0.05, 0.1) is 6.10 Å². The zero-order chi connectivity index (χ0) is 21.7. The smallest absolute Gasteiger partial charge is 0.0577 e. The Morgan fingerprint density at radius 2 is 1.80 bits per heavy atom. The number of fused-ring (bicyclic) bond motifs is 5. The Morgan fingerprint density at radius 1 is 1.03 bits per heavy atom. The molecule has 3 saturated carbocycles. The lowest BCUT2D eigenvalue weighted by Gasteiger charge is -2.58. The fraction of sp³-hybridized carbons (Fsp3) is 0.862. The maximum atomic E-state index is 10.2. The summed E-state index contributed by atoms with van der Waals surface area (Å²) in [6.45, 7) is 14.8. The van der Waals surface area contributed by atoms with E-state index in [4.69, 9.17) is 0 Å². The van der Waals surface area contributed by atoms with E-state index in [0.29, 0.717) is 16.7 Å². The summed E-state index contributed by atoms with van der Waals surface area (Å²) in [5.41, 5.74) is 2.51. The molecule has 1 nitrogen and oxygen atoms in total. The summed E-state index contributed by atoms with van der Waals surface area (Å²) < 4.78 is 0. The summed E-state index contributed by atoms with van der Waals surface area (Å²) in [6, 6.07) is 0. The van der Waals surface area contributed by atoms with Crippen LogP contribution in [0, 0.1) is 52.3 Å². The number of hydrogen-bond acceptors (Lipinski definition) is 1. The molecular weight excluding hydrogens is 364 g/mol. The fourth-order valence-corrected chi connectivity index (χ4v) is 8.83. The van der Waals surface area contributed by atoms with E-state index < -0.39 is 0 Å². The molecule has 0 aromatic rings. The minimum absolute atomic E-state index is 0.0870. The van der Waals surface area contributed by atoms with E-state index in [1.807, 2.05) is 0 Å². The summed E-state index contributed by atoms with van der Waals surface area (Å²) in [5.74, 6) is 5.70.